The van der Waals surface area contributed by atoms with E-state index in [4.69, 9.17) is 10.9 Å². The first-order valence-electron chi connectivity index (χ1n) is 5.02. The molecule has 0 radical (unpaired) electrons. The average molecular weight is 250 g/mol. The van der Waals surface area contributed by atoms with E-state index in [2.05, 4.69) is 14.6 Å². The third-order valence-electron chi connectivity index (χ3n) is 2.40. The highest BCUT2D eigenvalue weighted by Crippen LogP contribution is 2.19. The summed E-state index contributed by atoms with van der Waals surface area (Å²) in [6, 6.07) is 0.0597. The summed E-state index contributed by atoms with van der Waals surface area (Å²) < 4.78 is 27.8. The normalized spacial score (nSPS) is 18.8. The van der Waals surface area contributed by atoms with Gasteiger partial charge < -0.3 is 10.9 Å². The van der Waals surface area contributed by atoms with Crippen molar-refractivity contribution in [3.05, 3.63) is 0 Å². The van der Waals surface area contributed by atoms with Crippen LogP contribution in [0.2, 0.25) is 0 Å². The molecule has 5 N–H and O–H groups in total. The van der Waals surface area contributed by atoms with Crippen molar-refractivity contribution in [2.45, 2.75) is 32.7 Å². The zero-order chi connectivity index (χ0) is 12.4. The first-order chi connectivity index (χ1) is 7.27. The molecule has 8 heteroatoms. The molecule has 0 aromatic heterocycles. The molecule has 16 heavy (non-hydrogen) atoms. The van der Waals surface area contributed by atoms with E-state index in [1.807, 2.05) is 0 Å². The van der Waals surface area contributed by atoms with Gasteiger partial charge in [0.25, 0.3) is 10.2 Å². The molecular weight excluding hydrogens is 232 g/mol. The number of nitrogens with zero attached hydrogens (tertiary/aromatic N) is 1. The summed E-state index contributed by atoms with van der Waals surface area (Å²) in [4.78, 5) is 0. The van der Waals surface area contributed by atoms with Crippen LogP contribution in [0.25, 0.3) is 0 Å². The predicted octanol–water partition coefficient (Wildman–Crippen LogP) is -0.655. The van der Waals surface area contributed by atoms with Crippen LogP contribution in [0.3, 0.4) is 0 Å². The molecular formula is C8H18N4O3S. The zero-order valence-electron chi connectivity index (χ0n) is 9.40. The topological polar surface area (TPSA) is 117 Å². The number of hydrogen-bond acceptors (Lipinski definition) is 4. The van der Waals surface area contributed by atoms with Crippen LogP contribution in [0, 0.1) is 5.41 Å². The Kier molecular flexibility index (Phi) is 3.76. The van der Waals surface area contributed by atoms with Gasteiger partial charge in [-0.25, -0.2) is 4.72 Å². The van der Waals surface area contributed by atoms with Gasteiger partial charge in [0.1, 0.15) is 5.84 Å². The highest BCUT2D eigenvalue weighted by molar-refractivity contribution is 7.87. The van der Waals surface area contributed by atoms with Crippen LogP contribution in [0.1, 0.15) is 26.7 Å². The number of oxime groups is 1. The van der Waals surface area contributed by atoms with Crippen molar-refractivity contribution in [1.29, 1.82) is 0 Å². The molecule has 0 atom stereocenters. The quantitative estimate of drug-likeness (QED) is 0.217. The second-order valence-electron chi connectivity index (χ2n) is 4.59. The smallest absolute Gasteiger partial charge is 0.277 e. The van der Waals surface area contributed by atoms with Gasteiger partial charge in [0.15, 0.2) is 0 Å². The molecule has 1 rings (SSSR count). The summed E-state index contributed by atoms with van der Waals surface area (Å²) in [7, 11) is -3.49. The summed E-state index contributed by atoms with van der Waals surface area (Å²) >= 11 is 0. The van der Waals surface area contributed by atoms with Crippen LogP contribution in [-0.2, 0) is 10.2 Å². The SMILES string of the molecule is CC(C)(CNS(=O)(=O)NC1CC1)C(N)=NO. The maximum Gasteiger partial charge on any atom is 0.277 e. The lowest BCUT2D eigenvalue weighted by Crippen LogP contribution is -2.46. The highest BCUT2D eigenvalue weighted by Gasteiger charge is 2.29. The first kappa shape index (κ1) is 13.2. The van der Waals surface area contributed by atoms with E-state index >= 15 is 0 Å². The Labute approximate surface area is 95.3 Å². The Hall–Kier alpha value is -0.860. The lowest BCUT2D eigenvalue weighted by atomic mass is 9.93. The molecule has 0 aromatic rings. The molecule has 1 fully saturated rings. The zero-order valence-corrected chi connectivity index (χ0v) is 10.2. The molecule has 1 aliphatic carbocycles. The average Bonchev–Trinajstić information content (AvgIpc) is 2.97. The summed E-state index contributed by atoms with van der Waals surface area (Å²) in [5, 5.41) is 11.4. The number of rotatable bonds is 6. The summed E-state index contributed by atoms with van der Waals surface area (Å²) in [5.41, 5.74) is 4.71. The summed E-state index contributed by atoms with van der Waals surface area (Å²) in [6.45, 7) is 3.44. The van der Waals surface area contributed by atoms with Crippen molar-refractivity contribution in [3.8, 4) is 0 Å². The van der Waals surface area contributed by atoms with Crippen LogP contribution < -0.4 is 15.2 Å². The van der Waals surface area contributed by atoms with Crippen molar-refractivity contribution >= 4 is 16.0 Å². The maximum atomic E-state index is 11.5. The van der Waals surface area contributed by atoms with Crippen molar-refractivity contribution in [1.82, 2.24) is 9.44 Å². The predicted molar refractivity (Wildman–Crippen MR) is 60.3 cm³/mol. The van der Waals surface area contributed by atoms with E-state index in [0.29, 0.717) is 0 Å². The highest BCUT2D eigenvalue weighted by atomic mass is 32.2. The molecule has 0 saturated heterocycles. The molecule has 94 valence electrons. The Morgan fingerprint density at radius 1 is 1.56 bits per heavy atom. The summed E-state index contributed by atoms with van der Waals surface area (Å²) in [6.07, 6.45) is 1.76. The Morgan fingerprint density at radius 3 is 2.56 bits per heavy atom. The van der Waals surface area contributed by atoms with E-state index in [1.165, 1.54) is 0 Å². The lowest BCUT2D eigenvalue weighted by Gasteiger charge is -2.23. The number of amidine groups is 1. The molecule has 0 aliphatic heterocycles. The fraction of sp³-hybridized carbons (Fsp3) is 0.875. The molecule has 0 unspecified atom stereocenters. The van der Waals surface area contributed by atoms with Crippen LogP contribution in [-0.4, -0.2) is 32.0 Å². The van der Waals surface area contributed by atoms with Gasteiger partial charge in [-0.1, -0.05) is 19.0 Å². The first-order valence-corrected chi connectivity index (χ1v) is 6.50. The van der Waals surface area contributed by atoms with Crippen LogP contribution in [0.5, 0.6) is 0 Å². The molecule has 0 heterocycles. The van der Waals surface area contributed by atoms with Crippen molar-refractivity contribution in [3.63, 3.8) is 0 Å². The van der Waals surface area contributed by atoms with E-state index in [-0.39, 0.29) is 18.4 Å². The molecule has 0 bridgehead atoms. The minimum atomic E-state index is -3.49. The van der Waals surface area contributed by atoms with Crippen molar-refractivity contribution in [2.75, 3.05) is 6.54 Å². The Morgan fingerprint density at radius 2 is 2.12 bits per heavy atom. The number of nitrogens with one attached hydrogen (secondary N) is 2. The standard InChI is InChI=1S/C8H18N4O3S/c1-8(2,7(9)11-13)5-10-16(14,15)12-6-3-4-6/h6,10,12-13H,3-5H2,1-2H3,(H2,9,11). The minimum Gasteiger partial charge on any atom is -0.409 e. The number of nitrogens with two attached hydrogens (primary N) is 1. The van der Waals surface area contributed by atoms with E-state index in [1.54, 1.807) is 13.8 Å². The molecule has 7 nitrogen and oxygen atoms in total. The third kappa shape index (κ3) is 3.95. The van der Waals surface area contributed by atoms with E-state index in [9.17, 15) is 8.42 Å². The Bertz CT molecular complexity index is 373. The monoisotopic (exact) mass is 250 g/mol. The number of hydrogen-bond donors (Lipinski definition) is 4. The fourth-order valence-corrected chi connectivity index (χ4v) is 2.27. The molecule has 1 saturated carbocycles. The van der Waals surface area contributed by atoms with Gasteiger partial charge >= 0.3 is 0 Å². The van der Waals surface area contributed by atoms with Crippen LogP contribution in [0.15, 0.2) is 5.16 Å². The molecule has 0 amide bonds. The Balaban J connectivity index is 2.49. The summed E-state index contributed by atoms with van der Waals surface area (Å²) in [5.74, 6) is -0.0124. The van der Waals surface area contributed by atoms with Gasteiger partial charge in [-0.15, -0.1) is 0 Å². The van der Waals surface area contributed by atoms with Gasteiger partial charge in [-0.05, 0) is 12.8 Å². The van der Waals surface area contributed by atoms with Crippen molar-refractivity contribution < 1.29 is 13.6 Å². The second kappa shape index (κ2) is 4.56. The largest absolute Gasteiger partial charge is 0.409 e. The fourth-order valence-electron chi connectivity index (χ4n) is 0.964. The van der Waals surface area contributed by atoms with Gasteiger partial charge in [-0.2, -0.15) is 13.1 Å². The molecule has 0 spiro atoms. The third-order valence-corrected chi connectivity index (χ3v) is 3.57. The van der Waals surface area contributed by atoms with Crippen LogP contribution >= 0.6 is 0 Å². The van der Waals surface area contributed by atoms with Crippen LogP contribution in [0.4, 0.5) is 0 Å². The lowest BCUT2D eigenvalue weighted by molar-refractivity contribution is 0.307. The van der Waals surface area contributed by atoms with Gasteiger partial charge in [0, 0.05) is 18.0 Å². The second-order valence-corrected chi connectivity index (χ2v) is 6.12. The molecule has 1 aliphatic rings. The molecule has 0 aromatic carbocycles. The van der Waals surface area contributed by atoms with Gasteiger partial charge in [0.2, 0.25) is 0 Å². The minimum absolute atomic E-state index is 0.0124. The van der Waals surface area contributed by atoms with Gasteiger partial charge in [-0.3, -0.25) is 0 Å². The van der Waals surface area contributed by atoms with Gasteiger partial charge in [0.05, 0.1) is 0 Å². The maximum absolute atomic E-state index is 11.5. The van der Waals surface area contributed by atoms with E-state index < -0.39 is 15.6 Å². The van der Waals surface area contributed by atoms with E-state index in [0.717, 1.165) is 12.8 Å². The van der Waals surface area contributed by atoms with Crippen molar-refractivity contribution in [2.24, 2.45) is 16.3 Å².